The maximum absolute atomic E-state index is 13.6. The summed E-state index contributed by atoms with van der Waals surface area (Å²) in [6.45, 7) is 12.2. The molecule has 0 amide bonds. The molecule has 6 nitrogen and oxygen atoms in total. The Morgan fingerprint density at radius 3 is 2.55 bits per heavy atom. The van der Waals surface area contributed by atoms with E-state index < -0.39 is 12.5 Å². The number of pyridine rings is 1. The average molecular weight is 622 g/mol. The Balaban J connectivity index is 0.00000169. The molecule has 0 bridgehead atoms. The molecule has 10 heteroatoms. The second-order valence-corrected chi connectivity index (χ2v) is 9.93. The molecule has 1 N–H and O–H groups in total. The van der Waals surface area contributed by atoms with Gasteiger partial charge in [0, 0.05) is 30.9 Å². The van der Waals surface area contributed by atoms with Gasteiger partial charge in [-0.05, 0) is 53.4 Å². The fraction of sp³-hybridized carbons (Fsp3) is 0.469. The summed E-state index contributed by atoms with van der Waals surface area (Å²) < 4.78 is 32.8. The number of alkyl halides is 2. The summed E-state index contributed by atoms with van der Waals surface area (Å²) >= 11 is 1.38. The van der Waals surface area contributed by atoms with E-state index in [1.54, 1.807) is 19.4 Å². The van der Waals surface area contributed by atoms with E-state index in [2.05, 4.69) is 52.0 Å². The number of hydrogen-bond donors (Lipinski definition) is 1. The van der Waals surface area contributed by atoms with Gasteiger partial charge in [0.1, 0.15) is 11.8 Å². The summed E-state index contributed by atoms with van der Waals surface area (Å²) in [5, 5.41) is 7.92. The molecule has 1 fully saturated rings. The predicted octanol–water partition coefficient (Wildman–Crippen LogP) is 5.82. The Bertz CT molecular complexity index is 1310. The van der Waals surface area contributed by atoms with Crippen LogP contribution in [0.2, 0.25) is 0 Å². The quantitative estimate of drug-likeness (QED) is 0.218. The van der Waals surface area contributed by atoms with E-state index in [4.69, 9.17) is 10.1 Å². The number of halogens is 2. The monoisotopic (exact) mass is 621 g/mol. The van der Waals surface area contributed by atoms with Crippen molar-refractivity contribution < 1.29 is 64.9 Å². The van der Waals surface area contributed by atoms with Gasteiger partial charge in [-0.1, -0.05) is 72.1 Å². The van der Waals surface area contributed by atoms with Crippen LogP contribution in [0.1, 0.15) is 76.9 Å². The van der Waals surface area contributed by atoms with Gasteiger partial charge in [-0.25, -0.2) is 8.78 Å². The van der Waals surface area contributed by atoms with E-state index in [0.717, 1.165) is 24.1 Å². The third-order valence-electron chi connectivity index (χ3n) is 6.10. The molecule has 1 aliphatic heterocycles. The Morgan fingerprint density at radius 2 is 1.95 bits per heavy atom. The summed E-state index contributed by atoms with van der Waals surface area (Å²) in [5.74, 6) is 7.68. The Morgan fingerprint density at radius 1 is 1.24 bits per heavy atom. The van der Waals surface area contributed by atoms with Gasteiger partial charge in [0.2, 0.25) is 0 Å². The van der Waals surface area contributed by atoms with Gasteiger partial charge < -0.3 is 20.4 Å². The van der Waals surface area contributed by atoms with Crippen LogP contribution in [-0.4, -0.2) is 42.3 Å². The molecule has 3 heterocycles. The predicted molar refractivity (Wildman–Crippen MR) is 168 cm³/mol. The first-order valence-electron chi connectivity index (χ1n) is 14.3. The number of thiazole rings is 1. The first-order chi connectivity index (χ1) is 19.9. The van der Waals surface area contributed by atoms with Crippen molar-refractivity contribution in [3.05, 3.63) is 70.1 Å². The van der Waals surface area contributed by atoms with Crippen molar-refractivity contribution in [2.24, 2.45) is 16.8 Å². The summed E-state index contributed by atoms with van der Waals surface area (Å²) in [4.78, 5) is 14.2. The standard InChI is InChI=1S/C28H30F2N5OS.2C2H6.K/c1-5-17(2)6-11-22(31-3)23-12-20(21-13-24(27(29)30)33-16-26(21)36-4)25(15-32-23)35-28-34-14-19(37-28)10-9-18-7-8-18;2*1-2;/h6,11-18,24,27,33H,5,7-8H2,1-4H3;2*1-2H3;/q-1;;;+1/b11-6-,31-22?;;;. The maximum Gasteiger partial charge on any atom is 1.00 e. The Labute approximate surface area is 297 Å². The molecule has 42 heavy (non-hydrogen) atoms. The molecule has 2 atom stereocenters. The SMILES string of the molecule is CC.CC.CCC(C)/C=C\C(=NC)c1cc(C2=CC(C(F)F)NC=C2OC)c([N-]c2ncc(C#CC3CC3)s2)cn1.[K+]. The fourth-order valence-electron chi connectivity index (χ4n) is 3.53. The van der Waals surface area contributed by atoms with Gasteiger partial charge >= 0.3 is 51.4 Å². The molecular weight excluding hydrogens is 580 g/mol. The third kappa shape index (κ3) is 11.3. The molecule has 2 aromatic rings. The van der Waals surface area contributed by atoms with Crippen LogP contribution in [0.5, 0.6) is 0 Å². The van der Waals surface area contributed by atoms with Crippen LogP contribution in [0.15, 0.2) is 53.6 Å². The molecular formula is C32H42F2KN5OS. The number of ether oxygens (including phenoxy) is 1. The molecule has 0 saturated heterocycles. The zero-order valence-electron chi connectivity index (χ0n) is 26.3. The zero-order valence-corrected chi connectivity index (χ0v) is 30.3. The first kappa shape index (κ1) is 38.2. The van der Waals surface area contributed by atoms with Crippen molar-refractivity contribution >= 4 is 33.4 Å². The number of methoxy groups -OCH3 is 1. The molecule has 1 aliphatic carbocycles. The van der Waals surface area contributed by atoms with Gasteiger partial charge in [0.25, 0.3) is 6.43 Å². The summed E-state index contributed by atoms with van der Waals surface area (Å²) in [5.41, 5.74) is 2.88. The molecule has 1 saturated carbocycles. The molecule has 0 aromatic carbocycles. The van der Waals surface area contributed by atoms with Crippen LogP contribution in [0.4, 0.5) is 19.6 Å². The number of hydrogen-bond acceptors (Lipinski definition) is 6. The topological polar surface area (TPSA) is 73.5 Å². The van der Waals surface area contributed by atoms with Crippen molar-refractivity contribution in [3.63, 3.8) is 0 Å². The van der Waals surface area contributed by atoms with E-state index in [0.29, 0.717) is 51.0 Å². The van der Waals surface area contributed by atoms with Crippen LogP contribution >= 0.6 is 11.3 Å². The number of aromatic nitrogens is 2. The molecule has 2 aromatic heterocycles. The number of dihydropyridines is 1. The molecule has 4 rings (SSSR count). The van der Waals surface area contributed by atoms with Gasteiger partial charge in [0.15, 0.2) is 0 Å². The minimum atomic E-state index is -2.59. The van der Waals surface area contributed by atoms with Crippen molar-refractivity contribution in [3.8, 4) is 11.8 Å². The number of rotatable bonds is 9. The molecule has 222 valence electrons. The van der Waals surface area contributed by atoms with Crippen LogP contribution in [0, 0.1) is 23.7 Å². The average Bonchev–Trinajstić information content (AvgIpc) is 3.75. The van der Waals surface area contributed by atoms with Crippen LogP contribution in [-0.2, 0) is 4.74 Å². The van der Waals surface area contributed by atoms with Crippen molar-refractivity contribution in [2.75, 3.05) is 14.2 Å². The van der Waals surface area contributed by atoms with E-state index in [9.17, 15) is 8.78 Å². The number of allylic oxidation sites excluding steroid dienone is 3. The van der Waals surface area contributed by atoms with E-state index >= 15 is 0 Å². The second-order valence-electron chi connectivity index (χ2n) is 8.92. The molecule has 2 unspecified atom stereocenters. The fourth-order valence-corrected chi connectivity index (χ4v) is 4.20. The van der Waals surface area contributed by atoms with E-state index in [1.807, 2.05) is 39.8 Å². The molecule has 0 radical (unpaired) electrons. The Hall–Kier alpha value is -1.87. The van der Waals surface area contributed by atoms with Gasteiger partial charge in [-0.15, -0.1) is 11.3 Å². The number of nitrogens with zero attached hydrogens (tertiary/aromatic N) is 4. The summed E-state index contributed by atoms with van der Waals surface area (Å²) in [7, 11) is 3.20. The minimum absolute atomic E-state index is 0. The third-order valence-corrected chi connectivity index (χ3v) is 6.91. The van der Waals surface area contributed by atoms with Crippen LogP contribution < -0.4 is 56.7 Å². The van der Waals surface area contributed by atoms with Crippen LogP contribution in [0.3, 0.4) is 0 Å². The maximum atomic E-state index is 13.6. The second kappa shape index (κ2) is 20.2. The van der Waals surface area contributed by atoms with Crippen molar-refractivity contribution in [1.29, 1.82) is 0 Å². The van der Waals surface area contributed by atoms with Crippen molar-refractivity contribution in [2.45, 2.75) is 73.3 Å². The van der Waals surface area contributed by atoms with Gasteiger partial charge in [0.05, 0.1) is 23.4 Å². The number of aliphatic imine (C=N–C) groups is 1. The van der Waals surface area contributed by atoms with E-state index in [-0.39, 0.29) is 51.4 Å². The molecule has 0 spiro atoms. The largest absolute Gasteiger partial charge is 1.00 e. The molecule has 2 aliphatic rings. The zero-order chi connectivity index (χ0) is 30.4. The summed E-state index contributed by atoms with van der Waals surface area (Å²) in [6.07, 6.45) is 11.0. The number of nitrogens with one attached hydrogen (secondary N) is 1. The smallest absolute Gasteiger partial charge is 0.495 e. The first-order valence-corrected chi connectivity index (χ1v) is 15.1. The normalized spacial score (nSPS) is 16.6. The van der Waals surface area contributed by atoms with Gasteiger partial charge in [-0.2, -0.15) is 0 Å². The van der Waals surface area contributed by atoms with Gasteiger partial charge in [-0.3, -0.25) is 9.98 Å². The minimum Gasteiger partial charge on any atom is -0.495 e. The van der Waals surface area contributed by atoms with E-state index in [1.165, 1.54) is 30.7 Å². The van der Waals surface area contributed by atoms with Crippen molar-refractivity contribution in [1.82, 2.24) is 15.3 Å². The van der Waals surface area contributed by atoms with Crippen LogP contribution in [0.25, 0.3) is 10.9 Å². The summed E-state index contributed by atoms with van der Waals surface area (Å²) in [6, 6.07) is 0.656. The Kier molecular flexibility index (Phi) is 18.3.